The van der Waals surface area contributed by atoms with E-state index in [0.717, 1.165) is 92.8 Å². The predicted octanol–water partition coefficient (Wildman–Crippen LogP) is 9.74. The van der Waals surface area contributed by atoms with Gasteiger partial charge in [0.1, 0.15) is 11.9 Å². The number of fused-ring (bicyclic) bond motifs is 1. The van der Waals surface area contributed by atoms with Gasteiger partial charge in [-0.1, -0.05) is 85.3 Å². The van der Waals surface area contributed by atoms with Crippen LogP contribution in [-0.2, 0) is 17.6 Å². The number of phenolic OH excluding ortho intramolecular Hbond substituents is 1. The Morgan fingerprint density at radius 1 is 0.768 bits per heavy atom. The van der Waals surface area contributed by atoms with E-state index in [1.807, 2.05) is 54.6 Å². The second-order valence-electron chi connectivity index (χ2n) is 14.7. The first kappa shape index (κ1) is 38.4. The van der Waals surface area contributed by atoms with Crippen LogP contribution in [0.15, 0.2) is 132 Å². The van der Waals surface area contributed by atoms with E-state index >= 15 is 0 Å². The predicted molar refractivity (Wildman–Crippen MR) is 225 cm³/mol. The highest BCUT2D eigenvalue weighted by atomic mass is 16.6. The number of aryl methyl sites for hydroxylation is 2. The molecule has 6 aromatic rings. The van der Waals surface area contributed by atoms with Crippen molar-refractivity contribution in [1.29, 1.82) is 0 Å². The van der Waals surface area contributed by atoms with Gasteiger partial charge in [-0.2, -0.15) is 0 Å². The summed E-state index contributed by atoms with van der Waals surface area (Å²) in [5.41, 5.74) is 8.21. The van der Waals surface area contributed by atoms with Crippen LogP contribution >= 0.6 is 0 Å². The summed E-state index contributed by atoms with van der Waals surface area (Å²) in [6, 6.07) is 41.3. The number of aromatic amines is 1. The summed E-state index contributed by atoms with van der Waals surface area (Å²) >= 11 is 0. The van der Waals surface area contributed by atoms with Gasteiger partial charge in [-0.25, -0.2) is 4.79 Å². The summed E-state index contributed by atoms with van der Waals surface area (Å²) in [5.74, 6) is -0.00198. The molecule has 1 aromatic heterocycles. The molecule has 0 saturated carbocycles. The van der Waals surface area contributed by atoms with E-state index in [9.17, 15) is 19.8 Å². The first-order valence-electron chi connectivity index (χ1n) is 19.7. The minimum absolute atomic E-state index is 0.00198. The summed E-state index contributed by atoms with van der Waals surface area (Å²) in [5, 5.41) is 28.1. The summed E-state index contributed by atoms with van der Waals surface area (Å²) < 4.78 is 5.82. The number of unbranched alkanes of at least 4 members (excludes halogenated alkanes) is 1. The molecule has 9 heteroatoms. The molecule has 288 valence electrons. The SMILES string of the molecule is O=C(Nc1ccccc1-c1ccccc1)OC1CCN(CCCc2ccc(Nc3ccc(CCCC[C@H](O)c4ccc(O)c5[nH]c(=O)ccc45)cc3)cc2)CC1. The Balaban J connectivity index is 0.777. The molecular weight excluding hydrogens is 701 g/mol. The van der Waals surface area contributed by atoms with Crippen LogP contribution in [0.1, 0.15) is 61.3 Å². The van der Waals surface area contributed by atoms with E-state index in [1.54, 1.807) is 12.1 Å². The van der Waals surface area contributed by atoms with Crippen LogP contribution in [0.5, 0.6) is 5.75 Å². The Bertz CT molecular complexity index is 2250. The number of para-hydroxylation sites is 1. The van der Waals surface area contributed by atoms with Crippen molar-refractivity contribution in [3.05, 3.63) is 154 Å². The molecule has 9 nitrogen and oxygen atoms in total. The maximum absolute atomic E-state index is 12.8. The van der Waals surface area contributed by atoms with Crippen LogP contribution in [0.25, 0.3) is 22.0 Å². The van der Waals surface area contributed by atoms with Gasteiger partial charge in [0, 0.05) is 41.5 Å². The molecule has 0 aliphatic carbocycles. The average molecular weight is 751 g/mol. The number of pyridine rings is 1. The number of H-pyrrole nitrogens is 1. The number of aliphatic hydroxyl groups is 1. The second kappa shape index (κ2) is 18.6. The van der Waals surface area contributed by atoms with Crippen LogP contribution < -0.4 is 16.2 Å². The van der Waals surface area contributed by atoms with Crippen LogP contribution in [0.4, 0.5) is 21.9 Å². The lowest BCUT2D eigenvalue weighted by molar-refractivity contribution is 0.0587. The number of benzene rings is 5. The Labute approximate surface area is 328 Å². The normalized spacial score (nSPS) is 14.0. The molecule has 1 amide bonds. The number of hydrogen-bond acceptors (Lipinski definition) is 7. The molecule has 7 rings (SSSR count). The third-order valence-corrected chi connectivity index (χ3v) is 10.7. The molecule has 1 atom stereocenters. The molecule has 2 heterocycles. The van der Waals surface area contributed by atoms with E-state index in [2.05, 4.69) is 69.0 Å². The molecule has 0 unspecified atom stereocenters. The molecule has 56 heavy (non-hydrogen) atoms. The van der Waals surface area contributed by atoms with E-state index in [-0.39, 0.29) is 17.4 Å². The summed E-state index contributed by atoms with van der Waals surface area (Å²) in [6.45, 7) is 2.87. The lowest BCUT2D eigenvalue weighted by atomic mass is 9.97. The number of nitrogens with one attached hydrogen (secondary N) is 3. The van der Waals surface area contributed by atoms with Crippen molar-refractivity contribution < 1.29 is 19.7 Å². The van der Waals surface area contributed by atoms with Gasteiger partial charge in [0.2, 0.25) is 5.56 Å². The zero-order valence-electron chi connectivity index (χ0n) is 31.6. The molecule has 0 bridgehead atoms. The van der Waals surface area contributed by atoms with Crippen molar-refractivity contribution in [2.45, 2.75) is 63.6 Å². The number of likely N-dealkylation sites (tertiary alicyclic amines) is 1. The smallest absolute Gasteiger partial charge is 0.411 e. The highest BCUT2D eigenvalue weighted by Gasteiger charge is 2.23. The van der Waals surface area contributed by atoms with Crippen molar-refractivity contribution in [3.8, 4) is 16.9 Å². The number of nitrogens with zero attached hydrogens (tertiary/aromatic N) is 1. The van der Waals surface area contributed by atoms with Gasteiger partial charge in [-0.05, 0) is 116 Å². The highest BCUT2D eigenvalue weighted by Crippen LogP contribution is 2.32. The number of anilines is 3. The topological polar surface area (TPSA) is 127 Å². The number of amides is 1. The number of rotatable bonds is 15. The molecule has 0 radical (unpaired) electrons. The number of hydrogen-bond donors (Lipinski definition) is 5. The number of carbonyl (C=O) groups excluding carboxylic acids is 1. The van der Waals surface area contributed by atoms with E-state index in [4.69, 9.17) is 4.74 Å². The molecule has 5 N–H and O–H groups in total. The molecular formula is C47H50N4O5. The molecule has 5 aromatic carbocycles. The van der Waals surface area contributed by atoms with Crippen LogP contribution in [0, 0.1) is 0 Å². The van der Waals surface area contributed by atoms with E-state index in [1.165, 1.54) is 23.3 Å². The van der Waals surface area contributed by atoms with Gasteiger partial charge in [-0.3, -0.25) is 10.1 Å². The molecule has 1 fully saturated rings. The van der Waals surface area contributed by atoms with Gasteiger partial charge in [0.15, 0.2) is 0 Å². The first-order chi connectivity index (χ1) is 27.4. The number of ether oxygens (including phenoxy) is 1. The number of phenols is 1. The molecule has 1 aliphatic rings. The van der Waals surface area contributed by atoms with Gasteiger partial charge in [-0.15, -0.1) is 0 Å². The van der Waals surface area contributed by atoms with Gasteiger partial charge in [0.25, 0.3) is 0 Å². The Morgan fingerprint density at radius 3 is 2.14 bits per heavy atom. The fourth-order valence-electron chi connectivity index (χ4n) is 7.56. The number of piperidine rings is 1. The lowest BCUT2D eigenvalue weighted by Crippen LogP contribution is -2.39. The van der Waals surface area contributed by atoms with Crippen molar-refractivity contribution in [3.63, 3.8) is 0 Å². The third-order valence-electron chi connectivity index (χ3n) is 10.7. The van der Waals surface area contributed by atoms with Gasteiger partial charge >= 0.3 is 6.09 Å². The van der Waals surface area contributed by atoms with Gasteiger partial charge in [0.05, 0.1) is 17.3 Å². The van der Waals surface area contributed by atoms with Crippen molar-refractivity contribution in [2.75, 3.05) is 30.3 Å². The third kappa shape index (κ3) is 10.2. The van der Waals surface area contributed by atoms with E-state index < -0.39 is 12.2 Å². The second-order valence-corrected chi connectivity index (χ2v) is 14.7. The fraction of sp³-hybridized carbons (Fsp3) is 0.277. The first-order valence-corrected chi connectivity index (χ1v) is 19.7. The van der Waals surface area contributed by atoms with Crippen molar-refractivity contribution in [2.24, 2.45) is 0 Å². The van der Waals surface area contributed by atoms with Crippen molar-refractivity contribution >= 4 is 34.1 Å². The van der Waals surface area contributed by atoms with Crippen LogP contribution in [0.3, 0.4) is 0 Å². The lowest BCUT2D eigenvalue weighted by Gasteiger charge is -2.31. The standard InChI is InChI=1S/C47H50N4O5/c52-43(40-24-26-44(53)46-41(40)25-27-45(54)50-46)15-7-4-9-33-16-20-36(21-17-33)48-37-22-18-34(19-23-37)10-8-30-51-31-28-38(29-32-51)56-47(55)49-42-14-6-5-13-39(42)35-11-2-1-3-12-35/h1-3,5-6,11-14,16-27,38,43,48,52-53H,4,7-10,15,28-32H2,(H,49,55)(H,50,54)/t43-/m0/s1. The Hall–Kier alpha value is -5.90. The van der Waals surface area contributed by atoms with Crippen LogP contribution in [0.2, 0.25) is 0 Å². The maximum atomic E-state index is 12.8. The maximum Gasteiger partial charge on any atom is 0.411 e. The number of aromatic hydroxyl groups is 1. The van der Waals surface area contributed by atoms with E-state index in [0.29, 0.717) is 22.9 Å². The Morgan fingerprint density at radius 2 is 1.43 bits per heavy atom. The Kier molecular flexibility index (Phi) is 12.8. The van der Waals surface area contributed by atoms with Gasteiger partial charge < -0.3 is 30.2 Å². The summed E-state index contributed by atoms with van der Waals surface area (Å²) in [7, 11) is 0. The monoisotopic (exact) mass is 750 g/mol. The summed E-state index contributed by atoms with van der Waals surface area (Å²) in [6.07, 6.45) is 5.91. The van der Waals surface area contributed by atoms with Crippen molar-refractivity contribution in [1.82, 2.24) is 9.88 Å². The molecule has 1 aliphatic heterocycles. The molecule has 1 saturated heterocycles. The van der Waals surface area contributed by atoms with Crippen LogP contribution in [-0.4, -0.2) is 51.9 Å². The highest BCUT2D eigenvalue weighted by molar-refractivity contribution is 5.91. The number of aliphatic hydroxyl groups excluding tert-OH is 1. The minimum atomic E-state index is -0.677. The average Bonchev–Trinajstić information content (AvgIpc) is 3.22. The fourth-order valence-corrected chi connectivity index (χ4v) is 7.56. The quantitative estimate of drug-likeness (QED) is 0.0662. The molecule has 0 spiro atoms. The summed E-state index contributed by atoms with van der Waals surface area (Å²) in [4.78, 5) is 29.6. The zero-order chi connectivity index (χ0) is 38.7. The zero-order valence-corrected chi connectivity index (χ0v) is 31.6. The number of carbonyl (C=O) groups is 1. The largest absolute Gasteiger partial charge is 0.506 e. The number of aromatic nitrogens is 1. The minimum Gasteiger partial charge on any atom is -0.506 e.